The van der Waals surface area contributed by atoms with E-state index in [1.54, 1.807) is 18.2 Å². The fourth-order valence-corrected chi connectivity index (χ4v) is 2.33. The molecule has 1 atom stereocenters. The molecule has 1 aliphatic heterocycles. The van der Waals surface area contributed by atoms with Gasteiger partial charge in [-0.3, -0.25) is 0 Å². The molecule has 0 saturated carbocycles. The van der Waals surface area contributed by atoms with Crippen molar-refractivity contribution >= 4 is 5.97 Å². The maximum absolute atomic E-state index is 12.9. The lowest BCUT2D eigenvalue weighted by molar-refractivity contribution is -0.139. The van der Waals surface area contributed by atoms with E-state index in [0.29, 0.717) is 0 Å². The number of ether oxygens (including phenoxy) is 1. The average molecular weight is 262 g/mol. The average Bonchev–Trinajstić information content (AvgIpc) is 2.77. The number of hydrogen-bond acceptors (Lipinski definition) is 2. The van der Waals surface area contributed by atoms with Crippen molar-refractivity contribution in [3.05, 3.63) is 47.3 Å². The van der Waals surface area contributed by atoms with Crippen molar-refractivity contribution < 1.29 is 13.9 Å². The second-order valence-corrected chi connectivity index (χ2v) is 4.90. The summed E-state index contributed by atoms with van der Waals surface area (Å²) in [5.74, 6) is -0.568. The summed E-state index contributed by atoms with van der Waals surface area (Å²) >= 11 is 0. The molecule has 0 aliphatic carbocycles. The molecule has 3 heteroatoms. The Hall–Kier alpha value is -1.64. The second kappa shape index (κ2) is 6.50. The first-order valence-electron chi connectivity index (χ1n) is 6.87. The third-order valence-electron chi connectivity index (χ3n) is 3.37. The molecule has 1 aliphatic rings. The van der Waals surface area contributed by atoms with E-state index in [2.05, 4.69) is 6.92 Å². The molecule has 0 saturated heterocycles. The van der Waals surface area contributed by atoms with Gasteiger partial charge in [0.2, 0.25) is 0 Å². The van der Waals surface area contributed by atoms with Crippen LogP contribution in [0.1, 0.15) is 50.7 Å². The fraction of sp³-hybridized carbons (Fsp3) is 0.438. The molecule has 1 unspecified atom stereocenters. The first kappa shape index (κ1) is 13.8. The van der Waals surface area contributed by atoms with Crippen LogP contribution in [-0.2, 0) is 9.53 Å². The molecule has 0 amide bonds. The molecule has 0 fully saturated rings. The molecule has 0 spiro atoms. The van der Waals surface area contributed by atoms with E-state index in [1.165, 1.54) is 25.0 Å². The molecule has 2 rings (SSSR count). The summed E-state index contributed by atoms with van der Waals surface area (Å²) < 4.78 is 18.2. The van der Waals surface area contributed by atoms with Crippen molar-refractivity contribution in [1.29, 1.82) is 0 Å². The first-order chi connectivity index (χ1) is 9.20. The normalized spacial score (nSPS) is 18.3. The van der Waals surface area contributed by atoms with E-state index in [4.69, 9.17) is 4.74 Å². The number of benzene rings is 1. The number of unbranched alkanes of at least 4 members (excludes halogenated alkanes) is 3. The minimum Gasteiger partial charge on any atom is -0.450 e. The largest absolute Gasteiger partial charge is 0.450 e. The fourth-order valence-electron chi connectivity index (χ4n) is 2.33. The molecular weight excluding hydrogens is 243 g/mol. The first-order valence-corrected chi connectivity index (χ1v) is 6.87. The van der Waals surface area contributed by atoms with Gasteiger partial charge in [0, 0.05) is 6.08 Å². The number of carbonyl (C=O) groups excluding carboxylic acids is 1. The Balaban J connectivity index is 2.01. The number of halogens is 1. The molecule has 19 heavy (non-hydrogen) atoms. The number of rotatable bonds is 6. The van der Waals surface area contributed by atoms with Crippen LogP contribution < -0.4 is 0 Å². The van der Waals surface area contributed by atoms with E-state index < -0.39 is 0 Å². The Kier molecular flexibility index (Phi) is 4.72. The summed E-state index contributed by atoms with van der Waals surface area (Å²) in [6.07, 6.45) is 6.76. The van der Waals surface area contributed by atoms with E-state index in [-0.39, 0.29) is 17.9 Å². The van der Waals surface area contributed by atoms with Crippen LogP contribution in [0, 0.1) is 5.82 Å². The zero-order valence-corrected chi connectivity index (χ0v) is 11.2. The van der Waals surface area contributed by atoms with E-state index in [9.17, 15) is 9.18 Å². The number of esters is 1. The molecule has 1 aromatic carbocycles. The van der Waals surface area contributed by atoms with Crippen LogP contribution in [-0.4, -0.2) is 5.97 Å². The topological polar surface area (TPSA) is 26.3 Å². The van der Waals surface area contributed by atoms with Crippen molar-refractivity contribution in [2.75, 3.05) is 0 Å². The minimum absolute atomic E-state index is 0.276. The number of cyclic esters (lactones) is 1. The van der Waals surface area contributed by atoms with Crippen molar-refractivity contribution in [2.24, 2.45) is 0 Å². The van der Waals surface area contributed by atoms with Gasteiger partial charge < -0.3 is 4.74 Å². The molecule has 2 nitrogen and oxygen atoms in total. The van der Waals surface area contributed by atoms with Crippen LogP contribution in [0.5, 0.6) is 0 Å². The van der Waals surface area contributed by atoms with E-state index in [1.807, 2.05) is 0 Å². The molecule has 0 bridgehead atoms. The summed E-state index contributed by atoms with van der Waals surface area (Å²) in [6.45, 7) is 2.17. The zero-order chi connectivity index (χ0) is 13.7. The summed E-state index contributed by atoms with van der Waals surface area (Å²) in [6, 6.07) is 6.16. The van der Waals surface area contributed by atoms with Gasteiger partial charge in [-0.2, -0.15) is 0 Å². The lowest BCUT2D eigenvalue weighted by atomic mass is 9.97. The lowest BCUT2D eigenvalue weighted by Gasteiger charge is -2.14. The van der Waals surface area contributed by atoms with Crippen LogP contribution in [0.4, 0.5) is 4.39 Å². The Bertz CT molecular complexity index is 462. The Labute approximate surface area is 113 Å². The molecule has 1 aromatic rings. The second-order valence-electron chi connectivity index (χ2n) is 4.90. The quantitative estimate of drug-likeness (QED) is 0.563. The molecular formula is C16H19FO2. The Morgan fingerprint density at radius 3 is 2.58 bits per heavy atom. The lowest BCUT2D eigenvalue weighted by Crippen LogP contribution is -2.03. The van der Waals surface area contributed by atoms with Gasteiger partial charge in [0.15, 0.2) is 0 Å². The summed E-state index contributed by atoms with van der Waals surface area (Å²) in [5, 5.41) is 0. The molecule has 0 N–H and O–H groups in total. The molecule has 102 valence electrons. The third kappa shape index (κ3) is 3.66. The zero-order valence-electron chi connectivity index (χ0n) is 11.2. The SMILES string of the molecule is CCCCCCC1=CC(=O)OC1c1ccc(F)cc1. The highest BCUT2D eigenvalue weighted by molar-refractivity contribution is 5.86. The maximum Gasteiger partial charge on any atom is 0.331 e. The van der Waals surface area contributed by atoms with Gasteiger partial charge in [-0.15, -0.1) is 0 Å². The number of carbonyl (C=O) groups is 1. The van der Waals surface area contributed by atoms with Crippen LogP contribution in [0.15, 0.2) is 35.9 Å². The highest BCUT2D eigenvalue weighted by Crippen LogP contribution is 2.34. The maximum atomic E-state index is 12.9. The van der Waals surface area contributed by atoms with Crippen molar-refractivity contribution in [1.82, 2.24) is 0 Å². The molecule has 0 radical (unpaired) electrons. The van der Waals surface area contributed by atoms with Gasteiger partial charge in [-0.1, -0.05) is 38.3 Å². The van der Waals surface area contributed by atoms with Crippen LogP contribution in [0.25, 0.3) is 0 Å². The van der Waals surface area contributed by atoms with Crippen molar-refractivity contribution in [3.63, 3.8) is 0 Å². The van der Waals surface area contributed by atoms with Crippen LogP contribution in [0.2, 0.25) is 0 Å². The van der Waals surface area contributed by atoms with Gasteiger partial charge >= 0.3 is 5.97 Å². The minimum atomic E-state index is -0.324. The summed E-state index contributed by atoms with van der Waals surface area (Å²) in [4.78, 5) is 11.4. The Morgan fingerprint density at radius 2 is 1.89 bits per heavy atom. The van der Waals surface area contributed by atoms with Gasteiger partial charge in [0.05, 0.1) is 0 Å². The highest BCUT2D eigenvalue weighted by atomic mass is 19.1. The molecule has 0 aromatic heterocycles. The van der Waals surface area contributed by atoms with Crippen molar-refractivity contribution in [3.8, 4) is 0 Å². The standard InChI is InChI=1S/C16H19FO2/c1-2-3-4-5-6-13-11-15(18)19-16(13)12-7-9-14(17)10-8-12/h7-11,16H,2-6H2,1H3. The van der Waals surface area contributed by atoms with Gasteiger partial charge in [0.1, 0.15) is 11.9 Å². The third-order valence-corrected chi connectivity index (χ3v) is 3.37. The smallest absolute Gasteiger partial charge is 0.331 e. The van der Waals surface area contributed by atoms with Crippen molar-refractivity contribution in [2.45, 2.75) is 45.1 Å². The van der Waals surface area contributed by atoms with Gasteiger partial charge in [-0.05, 0) is 36.1 Å². The molecule has 1 heterocycles. The van der Waals surface area contributed by atoms with E-state index >= 15 is 0 Å². The highest BCUT2D eigenvalue weighted by Gasteiger charge is 2.27. The predicted octanol–water partition coefficient (Wildman–Crippen LogP) is 4.32. The Morgan fingerprint density at radius 1 is 1.16 bits per heavy atom. The monoisotopic (exact) mass is 262 g/mol. The van der Waals surface area contributed by atoms with Gasteiger partial charge in [-0.25, -0.2) is 9.18 Å². The number of hydrogen-bond donors (Lipinski definition) is 0. The summed E-state index contributed by atoms with van der Waals surface area (Å²) in [7, 11) is 0. The predicted molar refractivity (Wildman–Crippen MR) is 72.1 cm³/mol. The summed E-state index contributed by atoms with van der Waals surface area (Å²) in [5.41, 5.74) is 1.85. The van der Waals surface area contributed by atoms with Crippen LogP contribution >= 0.6 is 0 Å². The van der Waals surface area contributed by atoms with E-state index in [0.717, 1.165) is 30.4 Å². The van der Waals surface area contributed by atoms with Gasteiger partial charge in [0.25, 0.3) is 0 Å². The van der Waals surface area contributed by atoms with Crippen LogP contribution in [0.3, 0.4) is 0 Å².